The van der Waals surface area contributed by atoms with Gasteiger partial charge in [-0.1, -0.05) is 46.0 Å². The van der Waals surface area contributed by atoms with Crippen LogP contribution in [0.1, 0.15) is 78.1 Å². The van der Waals surface area contributed by atoms with Crippen molar-refractivity contribution >= 4 is 16.5 Å². The largest absolute Gasteiger partial charge is 0.529 e. The Morgan fingerprint density at radius 2 is 1.68 bits per heavy atom. The minimum Gasteiger partial charge on any atom is -0.529 e. The Morgan fingerprint density at radius 1 is 1.00 bits per heavy atom. The molecule has 114 valence electrons. The summed E-state index contributed by atoms with van der Waals surface area (Å²) in [5.74, 6) is -0.0582. The number of ether oxygens (including phenoxy) is 1. The molecule has 19 heavy (non-hydrogen) atoms. The normalized spacial score (nSPS) is 12.5. The summed E-state index contributed by atoms with van der Waals surface area (Å²) in [6, 6.07) is 0. The molecule has 0 spiro atoms. The summed E-state index contributed by atoms with van der Waals surface area (Å²) in [5, 5.41) is 0. The van der Waals surface area contributed by atoms with Crippen LogP contribution in [0.15, 0.2) is 0 Å². The lowest BCUT2D eigenvalue weighted by atomic mass is 10.1. The fraction of sp³-hybridized carbons (Fsp3) is 0.933. The van der Waals surface area contributed by atoms with Crippen LogP contribution < -0.4 is 0 Å². The van der Waals surface area contributed by atoms with E-state index in [-0.39, 0.29) is 5.97 Å². The topological polar surface area (TPSA) is 35.5 Å². The summed E-state index contributed by atoms with van der Waals surface area (Å²) in [4.78, 5) is 11.0. The van der Waals surface area contributed by atoms with E-state index in [2.05, 4.69) is 13.8 Å². The van der Waals surface area contributed by atoms with Gasteiger partial charge >= 0.3 is 0 Å². The highest BCUT2D eigenvalue weighted by Gasteiger charge is 2.08. The first-order valence-electron chi connectivity index (χ1n) is 7.93. The molecule has 0 radical (unpaired) electrons. The molecule has 0 N–H and O–H groups in total. The molecule has 0 aromatic rings. The number of carbonyl (C=O) groups is 1. The van der Waals surface area contributed by atoms with Gasteiger partial charge in [0.05, 0.1) is 6.10 Å². The monoisotopic (exact) mass is 288 g/mol. The van der Waals surface area contributed by atoms with Crippen molar-refractivity contribution in [1.29, 1.82) is 0 Å². The molecule has 0 aromatic heterocycles. The average Bonchev–Trinajstić information content (AvgIpc) is 2.43. The second kappa shape index (κ2) is 14.1. The van der Waals surface area contributed by atoms with E-state index in [1.165, 1.54) is 44.9 Å². The predicted octanol–water partition coefficient (Wildman–Crippen LogP) is 3.14. The van der Waals surface area contributed by atoms with Crippen LogP contribution in [0.25, 0.3) is 0 Å². The minimum atomic E-state index is -0.0582. The van der Waals surface area contributed by atoms with Crippen molar-refractivity contribution in [2.75, 3.05) is 6.61 Å². The number of carbonyl (C=O) groups excluding carboxylic acids is 1. The van der Waals surface area contributed by atoms with Crippen LogP contribution in [0.3, 0.4) is 0 Å². The van der Waals surface area contributed by atoms with Crippen molar-refractivity contribution < 1.29 is 14.0 Å². The van der Waals surface area contributed by atoms with Gasteiger partial charge in [0.15, 0.2) is 0 Å². The first-order valence-corrected chi connectivity index (χ1v) is 8.74. The fourth-order valence-electron chi connectivity index (χ4n) is 2.09. The Labute approximate surface area is 122 Å². The maximum absolute atomic E-state index is 11.0. The Morgan fingerprint density at radius 3 is 2.32 bits per heavy atom. The van der Waals surface area contributed by atoms with Crippen LogP contribution in [0.2, 0.25) is 0 Å². The second-order valence-electron chi connectivity index (χ2n) is 5.16. The molecular weight excluding hydrogens is 256 g/mol. The summed E-state index contributed by atoms with van der Waals surface area (Å²) < 4.78 is 10.7. The number of unbranched alkanes of at least 4 members (excludes halogenated alkanes) is 4. The van der Waals surface area contributed by atoms with Crippen LogP contribution in [0.5, 0.6) is 0 Å². The highest BCUT2D eigenvalue weighted by Crippen LogP contribution is 2.14. The first-order chi connectivity index (χ1) is 9.24. The van der Waals surface area contributed by atoms with Crippen molar-refractivity contribution in [2.24, 2.45) is 0 Å². The van der Waals surface area contributed by atoms with Gasteiger partial charge in [0.25, 0.3) is 5.97 Å². The third kappa shape index (κ3) is 12.4. The molecule has 0 fully saturated rings. The summed E-state index contributed by atoms with van der Waals surface area (Å²) in [6.07, 6.45) is 11.5. The standard InChI is InChI=1S/C15H32O3Si/c1-3-5-7-11-14(10-6-4-2)17-13-9-8-12-15(16)18-19/h14H,3-13H2,1-2,19H3. The lowest BCUT2D eigenvalue weighted by Crippen LogP contribution is -2.14. The predicted molar refractivity (Wildman–Crippen MR) is 83.3 cm³/mol. The fourth-order valence-corrected chi connectivity index (χ4v) is 2.29. The Balaban J connectivity index is 3.63. The van der Waals surface area contributed by atoms with Gasteiger partial charge in [0.1, 0.15) is 0 Å². The van der Waals surface area contributed by atoms with E-state index in [1.54, 1.807) is 0 Å². The van der Waals surface area contributed by atoms with E-state index >= 15 is 0 Å². The third-order valence-corrected chi connectivity index (χ3v) is 3.82. The van der Waals surface area contributed by atoms with Gasteiger partial charge in [-0.2, -0.15) is 0 Å². The van der Waals surface area contributed by atoms with Crippen LogP contribution >= 0.6 is 0 Å². The summed E-state index contributed by atoms with van der Waals surface area (Å²) in [5.41, 5.74) is 0. The minimum absolute atomic E-state index is 0.0582. The van der Waals surface area contributed by atoms with Gasteiger partial charge < -0.3 is 9.16 Å². The molecule has 0 aliphatic rings. The van der Waals surface area contributed by atoms with Crippen molar-refractivity contribution in [3.05, 3.63) is 0 Å². The van der Waals surface area contributed by atoms with E-state index < -0.39 is 0 Å². The van der Waals surface area contributed by atoms with Crippen LogP contribution in [0, 0.1) is 0 Å². The van der Waals surface area contributed by atoms with E-state index in [9.17, 15) is 4.79 Å². The molecule has 0 aromatic carbocycles. The molecule has 1 atom stereocenters. The van der Waals surface area contributed by atoms with Gasteiger partial charge in [-0.15, -0.1) is 0 Å². The van der Waals surface area contributed by atoms with Gasteiger partial charge in [-0.05, 0) is 25.7 Å². The van der Waals surface area contributed by atoms with Crippen molar-refractivity contribution in [2.45, 2.75) is 84.2 Å². The number of hydrogen-bond acceptors (Lipinski definition) is 3. The zero-order valence-electron chi connectivity index (χ0n) is 13.1. The SMILES string of the molecule is CCCCCC(CCCC)OCCCCC(=O)O[SiH3]. The molecule has 0 heterocycles. The van der Waals surface area contributed by atoms with E-state index in [0.717, 1.165) is 19.4 Å². The summed E-state index contributed by atoms with van der Waals surface area (Å²) in [7, 11) is 0.510. The maximum Gasteiger partial charge on any atom is 0.291 e. The summed E-state index contributed by atoms with van der Waals surface area (Å²) in [6.45, 7) is 5.25. The Kier molecular flexibility index (Phi) is 13.8. The lowest BCUT2D eigenvalue weighted by Gasteiger charge is -2.17. The number of rotatable bonds is 13. The molecule has 3 nitrogen and oxygen atoms in total. The van der Waals surface area contributed by atoms with Gasteiger partial charge in [0.2, 0.25) is 10.5 Å². The quantitative estimate of drug-likeness (QED) is 0.386. The molecule has 0 rings (SSSR count). The lowest BCUT2D eigenvalue weighted by molar-refractivity contribution is -0.134. The van der Waals surface area contributed by atoms with Crippen molar-refractivity contribution in [1.82, 2.24) is 0 Å². The maximum atomic E-state index is 11.0. The Hall–Kier alpha value is -0.353. The molecule has 4 heteroatoms. The Bertz CT molecular complexity index is 210. The molecule has 0 aliphatic heterocycles. The average molecular weight is 289 g/mol. The van der Waals surface area contributed by atoms with E-state index in [0.29, 0.717) is 23.0 Å². The third-order valence-electron chi connectivity index (χ3n) is 3.37. The highest BCUT2D eigenvalue weighted by molar-refractivity contribution is 6.05. The van der Waals surface area contributed by atoms with Gasteiger partial charge in [0, 0.05) is 13.0 Å². The van der Waals surface area contributed by atoms with E-state index in [4.69, 9.17) is 9.16 Å². The van der Waals surface area contributed by atoms with Crippen LogP contribution in [-0.2, 0) is 14.0 Å². The first kappa shape index (κ1) is 18.6. The molecular formula is C15H32O3Si. The van der Waals surface area contributed by atoms with Gasteiger partial charge in [-0.3, -0.25) is 4.79 Å². The molecule has 0 aliphatic carbocycles. The molecule has 0 bridgehead atoms. The zero-order valence-corrected chi connectivity index (χ0v) is 15.1. The smallest absolute Gasteiger partial charge is 0.291 e. The second-order valence-corrected chi connectivity index (χ2v) is 5.57. The summed E-state index contributed by atoms with van der Waals surface area (Å²) >= 11 is 0. The van der Waals surface area contributed by atoms with Crippen LogP contribution in [0.4, 0.5) is 0 Å². The molecule has 0 amide bonds. The zero-order chi connectivity index (χ0) is 14.3. The van der Waals surface area contributed by atoms with Gasteiger partial charge in [-0.25, -0.2) is 0 Å². The van der Waals surface area contributed by atoms with Crippen LogP contribution in [-0.4, -0.2) is 29.2 Å². The molecule has 0 saturated carbocycles. The molecule has 0 saturated heterocycles. The highest BCUT2D eigenvalue weighted by atomic mass is 28.2. The molecule has 1 unspecified atom stereocenters. The van der Waals surface area contributed by atoms with E-state index in [1.807, 2.05) is 0 Å². The van der Waals surface area contributed by atoms with Crippen molar-refractivity contribution in [3.8, 4) is 0 Å². The number of hydrogen-bond donors (Lipinski definition) is 0. The van der Waals surface area contributed by atoms with Crippen molar-refractivity contribution in [3.63, 3.8) is 0 Å².